The van der Waals surface area contributed by atoms with Crippen molar-refractivity contribution in [2.24, 2.45) is 0 Å². The summed E-state index contributed by atoms with van der Waals surface area (Å²) < 4.78 is 1.97. The predicted molar refractivity (Wildman–Crippen MR) is 110 cm³/mol. The highest BCUT2D eigenvalue weighted by atomic mass is 35.5. The van der Waals surface area contributed by atoms with E-state index in [0.717, 1.165) is 22.5 Å². The molecule has 0 radical (unpaired) electrons. The number of hydrogen-bond acceptors (Lipinski definition) is 2. The molecule has 1 amide bonds. The minimum atomic E-state index is -0.285. The fourth-order valence-electron chi connectivity index (χ4n) is 2.98. The third kappa shape index (κ3) is 3.54. The number of carbonyl (C=O) groups excluding carboxylic acids is 1. The van der Waals surface area contributed by atoms with E-state index >= 15 is 0 Å². The van der Waals surface area contributed by atoms with Gasteiger partial charge in [-0.15, -0.1) is 0 Å². The lowest BCUT2D eigenvalue weighted by atomic mass is 10.1. The van der Waals surface area contributed by atoms with E-state index in [9.17, 15) is 4.79 Å². The zero-order chi connectivity index (χ0) is 19.0. The minimum Gasteiger partial charge on any atom is -0.321 e. The maximum Gasteiger partial charge on any atom is 0.255 e. The zero-order valence-corrected chi connectivity index (χ0v) is 15.9. The number of aromatic nitrogens is 2. The number of amides is 1. The molecular weight excluding hydrogens is 381 g/mol. The topological polar surface area (TPSA) is 46.4 Å². The molecule has 4 nitrogen and oxygen atoms in total. The van der Waals surface area contributed by atoms with Crippen molar-refractivity contribution >= 4 is 40.4 Å². The average molecular weight is 396 g/mol. The molecule has 2 aromatic heterocycles. The summed E-state index contributed by atoms with van der Waals surface area (Å²) in [6, 6.07) is 16.3. The Labute approximate surface area is 166 Å². The number of rotatable bonds is 3. The first kappa shape index (κ1) is 17.6. The fourth-order valence-corrected chi connectivity index (χ4v) is 3.50. The fraction of sp³-hybridized carbons (Fsp3) is 0.0476. The molecule has 0 aliphatic heterocycles. The van der Waals surface area contributed by atoms with Gasteiger partial charge in [0.25, 0.3) is 5.91 Å². The van der Waals surface area contributed by atoms with Gasteiger partial charge in [0.05, 0.1) is 11.4 Å². The second-order valence-electron chi connectivity index (χ2n) is 6.21. The molecule has 4 rings (SSSR count). The first-order valence-corrected chi connectivity index (χ1v) is 9.08. The van der Waals surface area contributed by atoms with Crippen LogP contribution in [0.1, 0.15) is 15.9 Å². The Morgan fingerprint density at radius 2 is 1.78 bits per heavy atom. The summed E-state index contributed by atoms with van der Waals surface area (Å²) in [5, 5.41) is 3.76. The first-order valence-electron chi connectivity index (χ1n) is 8.32. The van der Waals surface area contributed by atoms with E-state index in [4.69, 9.17) is 28.2 Å². The van der Waals surface area contributed by atoms with Crippen LogP contribution < -0.4 is 5.32 Å². The van der Waals surface area contributed by atoms with E-state index in [1.165, 1.54) is 0 Å². The molecule has 0 fully saturated rings. The molecule has 0 bridgehead atoms. The van der Waals surface area contributed by atoms with Gasteiger partial charge in [-0.25, -0.2) is 4.98 Å². The highest BCUT2D eigenvalue weighted by Gasteiger charge is 2.14. The molecular formula is C21H15Cl2N3O. The van der Waals surface area contributed by atoms with Crippen molar-refractivity contribution in [1.29, 1.82) is 0 Å². The number of nitrogens with zero attached hydrogens (tertiary/aromatic N) is 2. The highest BCUT2D eigenvalue weighted by molar-refractivity contribution is 6.35. The summed E-state index contributed by atoms with van der Waals surface area (Å²) in [6.07, 6.45) is 3.90. The Kier molecular flexibility index (Phi) is 4.60. The maximum atomic E-state index is 12.7. The van der Waals surface area contributed by atoms with Crippen LogP contribution in [0.25, 0.3) is 16.9 Å². The molecule has 0 aliphatic rings. The standard InChI is InChI=1S/C21H15Cl2N3O/c1-13-5-4-8-26-12-19(24-20(13)26)17-6-2-3-7-18(17)25-21(27)14-9-15(22)11-16(23)10-14/h2-12H,1H3,(H,25,27). The Morgan fingerprint density at radius 1 is 1.04 bits per heavy atom. The van der Waals surface area contributed by atoms with Gasteiger partial charge in [0.2, 0.25) is 0 Å². The van der Waals surface area contributed by atoms with Gasteiger partial charge in [0.15, 0.2) is 0 Å². The quantitative estimate of drug-likeness (QED) is 0.471. The number of carbonyl (C=O) groups is 1. The van der Waals surface area contributed by atoms with E-state index < -0.39 is 0 Å². The molecule has 134 valence electrons. The summed E-state index contributed by atoms with van der Waals surface area (Å²) in [5.41, 5.74) is 4.65. The number of fused-ring (bicyclic) bond motifs is 1. The maximum absolute atomic E-state index is 12.7. The Morgan fingerprint density at radius 3 is 2.52 bits per heavy atom. The second kappa shape index (κ2) is 7.06. The van der Waals surface area contributed by atoms with Crippen LogP contribution >= 0.6 is 23.2 Å². The third-order valence-electron chi connectivity index (χ3n) is 4.25. The van der Waals surface area contributed by atoms with Crippen LogP contribution in [0.4, 0.5) is 5.69 Å². The molecule has 0 unspecified atom stereocenters. The summed E-state index contributed by atoms with van der Waals surface area (Å²) in [7, 11) is 0. The lowest BCUT2D eigenvalue weighted by Crippen LogP contribution is -2.12. The zero-order valence-electron chi connectivity index (χ0n) is 14.4. The number of anilines is 1. The molecule has 2 heterocycles. The molecule has 0 spiro atoms. The van der Waals surface area contributed by atoms with Gasteiger partial charge in [-0.2, -0.15) is 0 Å². The normalized spacial score (nSPS) is 10.9. The van der Waals surface area contributed by atoms with Gasteiger partial charge in [-0.05, 0) is 42.8 Å². The largest absolute Gasteiger partial charge is 0.321 e. The SMILES string of the molecule is Cc1cccn2cc(-c3ccccc3NC(=O)c3cc(Cl)cc(Cl)c3)nc12. The summed E-state index contributed by atoms with van der Waals surface area (Å²) in [5.74, 6) is -0.285. The molecule has 1 N–H and O–H groups in total. The third-order valence-corrected chi connectivity index (χ3v) is 4.69. The van der Waals surface area contributed by atoms with E-state index in [1.807, 2.05) is 60.1 Å². The van der Waals surface area contributed by atoms with E-state index in [1.54, 1.807) is 18.2 Å². The van der Waals surface area contributed by atoms with Crippen molar-refractivity contribution < 1.29 is 4.79 Å². The summed E-state index contributed by atoms with van der Waals surface area (Å²) >= 11 is 12.0. The van der Waals surface area contributed by atoms with Crippen LogP contribution in [0.2, 0.25) is 10.0 Å². The molecule has 2 aromatic carbocycles. The summed E-state index contributed by atoms with van der Waals surface area (Å²) in [4.78, 5) is 17.4. The number of pyridine rings is 1. The van der Waals surface area contributed by atoms with Gasteiger partial charge in [-0.1, -0.05) is 47.5 Å². The number of imidazole rings is 1. The van der Waals surface area contributed by atoms with Crippen molar-refractivity contribution in [3.63, 3.8) is 0 Å². The molecule has 0 saturated heterocycles. The van der Waals surface area contributed by atoms with Gasteiger partial charge < -0.3 is 9.72 Å². The number of hydrogen-bond donors (Lipinski definition) is 1. The minimum absolute atomic E-state index is 0.285. The number of para-hydroxylation sites is 1. The van der Waals surface area contributed by atoms with Crippen molar-refractivity contribution in [1.82, 2.24) is 9.38 Å². The molecule has 0 aliphatic carbocycles. The first-order chi connectivity index (χ1) is 13.0. The number of benzene rings is 2. The molecule has 27 heavy (non-hydrogen) atoms. The number of nitrogens with one attached hydrogen (secondary N) is 1. The van der Waals surface area contributed by atoms with Gasteiger partial charge in [0, 0.05) is 33.6 Å². The van der Waals surface area contributed by atoms with Gasteiger partial charge in [0.1, 0.15) is 5.65 Å². The van der Waals surface area contributed by atoms with Crippen molar-refractivity contribution in [3.8, 4) is 11.3 Å². The van der Waals surface area contributed by atoms with Crippen LogP contribution in [0, 0.1) is 6.92 Å². The average Bonchev–Trinajstić information content (AvgIpc) is 3.07. The van der Waals surface area contributed by atoms with Gasteiger partial charge >= 0.3 is 0 Å². The molecule has 0 saturated carbocycles. The van der Waals surface area contributed by atoms with Crippen molar-refractivity contribution in [2.75, 3.05) is 5.32 Å². The monoisotopic (exact) mass is 395 g/mol. The van der Waals surface area contributed by atoms with Crippen LogP contribution in [0.15, 0.2) is 67.0 Å². The van der Waals surface area contributed by atoms with E-state index in [-0.39, 0.29) is 5.91 Å². The number of halogens is 2. The van der Waals surface area contributed by atoms with E-state index in [2.05, 4.69) is 5.32 Å². The Balaban J connectivity index is 1.72. The van der Waals surface area contributed by atoms with Crippen molar-refractivity contribution in [2.45, 2.75) is 6.92 Å². The van der Waals surface area contributed by atoms with E-state index in [0.29, 0.717) is 21.3 Å². The van der Waals surface area contributed by atoms with Crippen LogP contribution in [0.3, 0.4) is 0 Å². The smallest absolute Gasteiger partial charge is 0.255 e. The highest BCUT2D eigenvalue weighted by Crippen LogP contribution is 2.29. The summed E-state index contributed by atoms with van der Waals surface area (Å²) in [6.45, 7) is 2.02. The van der Waals surface area contributed by atoms with Crippen LogP contribution in [-0.4, -0.2) is 15.3 Å². The lowest BCUT2D eigenvalue weighted by molar-refractivity contribution is 0.102. The van der Waals surface area contributed by atoms with Crippen molar-refractivity contribution in [3.05, 3.63) is 88.2 Å². The molecule has 6 heteroatoms. The predicted octanol–water partition coefficient (Wildman–Crippen LogP) is 5.87. The van der Waals surface area contributed by atoms with Gasteiger partial charge in [-0.3, -0.25) is 4.79 Å². The Bertz CT molecular complexity index is 1150. The lowest BCUT2D eigenvalue weighted by Gasteiger charge is -2.10. The van der Waals surface area contributed by atoms with Crippen LogP contribution in [0.5, 0.6) is 0 Å². The Hall–Kier alpha value is -2.82. The second-order valence-corrected chi connectivity index (χ2v) is 7.08. The number of aryl methyl sites for hydroxylation is 1. The molecule has 4 aromatic rings. The molecule has 0 atom stereocenters. The van der Waals surface area contributed by atoms with Crippen LogP contribution in [-0.2, 0) is 0 Å².